The second kappa shape index (κ2) is 12.9. The van der Waals surface area contributed by atoms with Crippen LogP contribution in [0.25, 0.3) is 6.08 Å². The zero-order chi connectivity index (χ0) is 22.5. The van der Waals surface area contributed by atoms with Crippen molar-refractivity contribution >= 4 is 18.0 Å². The smallest absolute Gasteiger partial charge is 0.343 e. The number of ether oxygens (including phenoxy) is 3. The van der Waals surface area contributed by atoms with E-state index in [1.807, 2.05) is 0 Å². The average Bonchev–Trinajstić information content (AvgIpc) is 2.80. The molecule has 0 fully saturated rings. The first-order chi connectivity index (χ1) is 15.1. The van der Waals surface area contributed by atoms with Gasteiger partial charge in [-0.15, -0.1) is 0 Å². The summed E-state index contributed by atoms with van der Waals surface area (Å²) in [6.07, 6.45) is 6.80. The van der Waals surface area contributed by atoms with Gasteiger partial charge in [-0.3, -0.25) is 4.79 Å². The van der Waals surface area contributed by atoms with Gasteiger partial charge >= 0.3 is 5.97 Å². The van der Waals surface area contributed by atoms with Crippen LogP contribution in [0.4, 0.5) is 0 Å². The minimum Gasteiger partial charge on any atom is -0.496 e. The zero-order valence-electron chi connectivity index (χ0n) is 17.9. The number of carbonyl (C=O) groups is 2. The highest BCUT2D eigenvalue weighted by Crippen LogP contribution is 2.25. The third-order valence-corrected chi connectivity index (χ3v) is 4.55. The first-order valence-corrected chi connectivity index (χ1v) is 10.2. The number of unbranched alkanes of at least 4 members (excludes halogenated alkanes) is 3. The van der Waals surface area contributed by atoms with E-state index in [1.165, 1.54) is 6.08 Å². The predicted molar refractivity (Wildman–Crippen MR) is 122 cm³/mol. The van der Waals surface area contributed by atoms with Crippen LogP contribution in [0.3, 0.4) is 0 Å². The number of esters is 1. The molecule has 0 heterocycles. The van der Waals surface area contributed by atoms with Crippen molar-refractivity contribution in [3.05, 3.63) is 72.8 Å². The minimum absolute atomic E-state index is 0.138. The number of carbonyl (C=O) groups excluding carboxylic acids is 2. The van der Waals surface area contributed by atoms with Gasteiger partial charge in [-0.2, -0.15) is 0 Å². The Morgan fingerprint density at radius 1 is 0.968 bits per heavy atom. The summed E-state index contributed by atoms with van der Waals surface area (Å²) in [6, 6.07) is 12.0. The molecule has 0 bridgehead atoms. The van der Waals surface area contributed by atoms with Gasteiger partial charge < -0.3 is 19.5 Å². The highest BCUT2D eigenvalue weighted by atomic mass is 16.5. The van der Waals surface area contributed by atoms with Crippen molar-refractivity contribution in [3.63, 3.8) is 0 Å². The first-order valence-electron chi connectivity index (χ1n) is 10.2. The molecule has 164 valence electrons. The van der Waals surface area contributed by atoms with E-state index in [0.717, 1.165) is 31.2 Å². The van der Waals surface area contributed by atoms with Crippen molar-refractivity contribution < 1.29 is 23.8 Å². The summed E-state index contributed by atoms with van der Waals surface area (Å²) in [5, 5.41) is 2.75. The molecular formula is C25H29NO5. The molecular weight excluding hydrogens is 394 g/mol. The van der Waals surface area contributed by atoms with Crippen molar-refractivity contribution in [2.24, 2.45) is 0 Å². The van der Waals surface area contributed by atoms with Crippen molar-refractivity contribution in [2.75, 3.05) is 20.3 Å². The molecule has 6 nitrogen and oxygen atoms in total. The number of nitrogens with one attached hydrogen (secondary N) is 1. The first kappa shape index (κ1) is 23.7. The summed E-state index contributed by atoms with van der Waals surface area (Å²) in [6.45, 7) is 8.40. The fourth-order valence-corrected chi connectivity index (χ4v) is 2.84. The zero-order valence-corrected chi connectivity index (χ0v) is 17.9. The van der Waals surface area contributed by atoms with Gasteiger partial charge in [0.15, 0.2) is 0 Å². The topological polar surface area (TPSA) is 73.9 Å². The van der Waals surface area contributed by atoms with Gasteiger partial charge in [-0.1, -0.05) is 32.1 Å². The summed E-state index contributed by atoms with van der Waals surface area (Å²) < 4.78 is 16.4. The van der Waals surface area contributed by atoms with Crippen LogP contribution in [0.5, 0.6) is 17.2 Å². The number of amides is 1. The fourth-order valence-electron chi connectivity index (χ4n) is 2.84. The van der Waals surface area contributed by atoms with Gasteiger partial charge in [0.2, 0.25) is 5.91 Å². The number of rotatable bonds is 13. The van der Waals surface area contributed by atoms with Gasteiger partial charge in [0, 0.05) is 12.1 Å². The van der Waals surface area contributed by atoms with E-state index in [1.54, 1.807) is 55.7 Å². The lowest BCUT2D eigenvalue weighted by molar-refractivity contribution is -0.116. The molecule has 0 spiro atoms. The van der Waals surface area contributed by atoms with E-state index in [-0.39, 0.29) is 5.91 Å². The summed E-state index contributed by atoms with van der Waals surface area (Å²) >= 11 is 0. The standard InChI is InChI=1S/C25H29NO5/c1-4-19-18-22(14-15-23(19)29-3)31-25(28)20-10-12-21(13-11-20)30-17-9-7-6-8-16-26-24(27)5-2/h4-5,10-15,18H,1-2,6-9,16-17H2,3H3,(H,26,27). The van der Waals surface area contributed by atoms with Crippen LogP contribution in [0.1, 0.15) is 41.6 Å². The summed E-state index contributed by atoms with van der Waals surface area (Å²) in [7, 11) is 1.57. The maximum atomic E-state index is 12.4. The monoisotopic (exact) mass is 423 g/mol. The summed E-state index contributed by atoms with van der Waals surface area (Å²) in [4.78, 5) is 23.4. The third kappa shape index (κ3) is 8.01. The van der Waals surface area contributed by atoms with Crippen molar-refractivity contribution in [2.45, 2.75) is 25.7 Å². The van der Waals surface area contributed by atoms with E-state index in [4.69, 9.17) is 14.2 Å². The molecule has 0 saturated heterocycles. The highest BCUT2D eigenvalue weighted by molar-refractivity contribution is 5.91. The molecule has 2 aromatic carbocycles. The maximum absolute atomic E-state index is 12.4. The molecule has 0 aliphatic rings. The van der Waals surface area contributed by atoms with Crippen LogP contribution in [0.15, 0.2) is 61.7 Å². The van der Waals surface area contributed by atoms with Crippen LogP contribution in [0, 0.1) is 0 Å². The summed E-state index contributed by atoms with van der Waals surface area (Å²) in [5.74, 6) is 1.20. The lowest BCUT2D eigenvalue weighted by atomic mass is 10.2. The summed E-state index contributed by atoms with van der Waals surface area (Å²) in [5.41, 5.74) is 1.18. The molecule has 6 heteroatoms. The van der Waals surface area contributed by atoms with E-state index in [0.29, 0.717) is 36.0 Å². The second-order valence-corrected chi connectivity index (χ2v) is 6.78. The van der Waals surface area contributed by atoms with Crippen molar-refractivity contribution in [3.8, 4) is 17.2 Å². The van der Waals surface area contributed by atoms with E-state index >= 15 is 0 Å². The Kier molecular flexibility index (Phi) is 9.88. The average molecular weight is 424 g/mol. The Labute approximate surface area is 183 Å². The second-order valence-electron chi connectivity index (χ2n) is 6.78. The maximum Gasteiger partial charge on any atom is 0.343 e. The van der Waals surface area contributed by atoms with E-state index < -0.39 is 5.97 Å². The normalized spacial score (nSPS) is 10.1. The molecule has 0 aliphatic heterocycles. The van der Waals surface area contributed by atoms with Gasteiger partial charge in [-0.05, 0) is 61.4 Å². The largest absolute Gasteiger partial charge is 0.496 e. The minimum atomic E-state index is -0.449. The molecule has 2 rings (SSSR count). The lowest BCUT2D eigenvalue weighted by Gasteiger charge is -2.09. The molecule has 0 saturated carbocycles. The van der Waals surface area contributed by atoms with Gasteiger partial charge in [-0.25, -0.2) is 4.79 Å². The van der Waals surface area contributed by atoms with Gasteiger partial charge in [0.25, 0.3) is 0 Å². The quantitative estimate of drug-likeness (QED) is 0.217. The predicted octanol–water partition coefficient (Wildman–Crippen LogP) is 4.80. The Bertz CT molecular complexity index is 889. The molecule has 0 aliphatic carbocycles. The van der Waals surface area contributed by atoms with Gasteiger partial charge in [0.05, 0.1) is 19.3 Å². The van der Waals surface area contributed by atoms with E-state index in [2.05, 4.69) is 18.5 Å². The Hall–Kier alpha value is -3.54. The van der Waals surface area contributed by atoms with E-state index in [9.17, 15) is 9.59 Å². The fraction of sp³-hybridized carbons (Fsp3) is 0.280. The Balaban J connectivity index is 1.72. The van der Waals surface area contributed by atoms with Crippen LogP contribution in [-0.2, 0) is 4.79 Å². The SMILES string of the molecule is C=CC(=O)NCCCCCCOc1ccc(C(=O)Oc2ccc(OC)c(C=C)c2)cc1. The molecule has 31 heavy (non-hydrogen) atoms. The van der Waals surface area contributed by atoms with Crippen LogP contribution in [0.2, 0.25) is 0 Å². The molecule has 0 atom stereocenters. The van der Waals surface area contributed by atoms with Crippen LogP contribution in [-0.4, -0.2) is 32.1 Å². The lowest BCUT2D eigenvalue weighted by Crippen LogP contribution is -2.21. The molecule has 1 N–H and O–H groups in total. The highest BCUT2D eigenvalue weighted by Gasteiger charge is 2.10. The third-order valence-electron chi connectivity index (χ3n) is 4.55. The van der Waals surface area contributed by atoms with Crippen LogP contribution < -0.4 is 19.5 Å². The Morgan fingerprint density at radius 2 is 1.68 bits per heavy atom. The van der Waals surface area contributed by atoms with Gasteiger partial charge in [0.1, 0.15) is 17.2 Å². The number of hydrogen-bond acceptors (Lipinski definition) is 5. The molecule has 2 aromatic rings. The van der Waals surface area contributed by atoms with Crippen LogP contribution >= 0.6 is 0 Å². The number of methoxy groups -OCH3 is 1. The Morgan fingerprint density at radius 3 is 2.35 bits per heavy atom. The van der Waals surface area contributed by atoms with Crippen molar-refractivity contribution in [1.82, 2.24) is 5.32 Å². The molecule has 0 aromatic heterocycles. The number of hydrogen-bond donors (Lipinski definition) is 1. The van der Waals surface area contributed by atoms with Crippen molar-refractivity contribution in [1.29, 1.82) is 0 Å². The molecule has 0 radical (unpaired) electrons. The number of benzene rings is 2. The molecule has 0 unspecified atom stereocenters. The molecule has 1 amide bonds.